The van der Waals surface area contributed by atoms with Crippen molar-refractivity contribution in [2.24, 2.45) is 0 Å². The molecule has 1 aromatic heterocycles. The number of halogens is 1. The van der Waals surface area contributed by atoms with Crippen molar-refractivity contribution in [2.75, 3.05) is 6.61 Å². The second-order valence-electron chi connectivity index (χ2n) is 8.67. The fraction of sp³-hybridized carbons (Fsp3) is 0.476. The molecule has 196 valence electrons. The molecule has 0 aliphatic carbocycles. The van der Waals surface area contributed by atoms with Crippen LogP contribution in [0.1, 0.15) is 27.0 Å². The van der Waals surface area contributed by atoms with E-state index in [1.165, 1.54) is 21.0 Å². The molecule has 2 aromatic rings. The van der Waals surface area contributed by atoms with Crippen LogP contribution in [0.2, 0.25) is 0 Å². The van der Waals surface area contributed by atoms with Gasteiger partial charge in [0.15, 0.2) is 6.23 Å². The molecule has 3 N–H and O–H groups in total. The third-order valence-corrected chi connectivity index (χ3v) is 7.31. The molecule has 3 rings (SSSR count). The Hall–Kier alpha value is -2.41. The van der Waals surface area contributed by atoms with Crippen LogP contribution in [0.5, 0.6) is 5.75 Å². The van der Waals surface area contributed by atoms with Crippen molar-refractivity contribution in [2.45, 2.75) is 56.1 Å². The van der Waals surface area contributed by atoms with Crippen LogP contribution in [0.3, 0.4) is 0 Å². The van der Waals surface area contributed by atoms with Gasteiger partial charge in [-0.25, -0.2) is 9.36 Å². The number of hydrogen-bond donors (Lipinski definition) is 3. The lowest BCUT2D eigenvalue weighted by Crippen LogP contribution is -2.45. The minimum absolute atomic E-state index is 0.200. The first-order valence-electron chi connectivity index (χ1n) is 11.1. The lowest BCUT2D eigenvalue weighted by atomic mass is 9.79. The van der Waals surface area contributed by atoms with Crippen molar-refractivity contribution in [1.29, 1.82) is 0 Å². The first-order chi connectivity index (χ1) is 16.8. The fourth-order valence-corrected chi connectivity index (χ4v) is 5.27. The number of nitrogens with one attached hydrogen (secondary N) is 2. The van der Waals surface area contributed by atoms with Gasteiger partial charge in [0.05, 0.1) is 23.6 Å². The van der Waals surface area contributed by atoms with Crippen LogP contribution in [0, 0.1) is 0 Å². The van der Waals surface area contributed by atoms with E-state index in [4.69, 9.17) is 30.1 Å². The summed E-state index contributed by atoms with van der Waals surface area (Å²) in [7, 11) is -2.78. The number of esters is 1. The SMILES string of the molecule is B[C@]1(Cl)[C@H](O)[C@@H](CO[P@](=O)(N[C@@H](C)C(=O)OC(C)C)Oc2ccccc2)O[C@H]1n1ccc(=O)[nH]c1=O. The van der Waals surface area contributed by atoms with Crippen molar-refractivity contribution in [1.82, 2.24) is 14.6 Å². The summed E-state index contributed by atoms with van der Waals surface area (Å²) < 4.78 is 35.2. The zero-order chi connectivity index (χ0) is 26.7. The number of para-hydroxylation sites is 1. The molecule has 1 saturated heterocycles. The molecule has 1 aromatic carbocycles. The maximum Gasteiger partial charge on any atom is 0.459 e. The summed E-state index contributed by atoms with van der Waals surface area (Å²) in [5, 5.41) is 13.3. The predicted molar refractivity (Wildman–Crippen MR) is 133 cm³/mol. The number of carbonyl (C=O) groups excluding carboxylic acids is 1. The lowest BCUT2D eigenvalue weighted by molar-refractivity contribution is -0.149. The van der Waals surface area contributed by atoms with Crippen molar-refractivity contribution in [3.05, 3.63) is 63.4 Å². The summed E-state index contributed by atoms with van der Waals surface area (Å²) in [4.78, 5) is 38.0. The Morgan fingerprint density at radius 2 is 1.97 bits per heavy atom. The zero-order valence-corrected chi connectivity index (χ0v) is 21.8. The number of rotatable bonds is 10. The minimum atomic E-state index is -4.22. The van der Waals surface area contributed by atoms with Crippen LogP contribution in [-0.2, 0) is 23.4 Å². The molecule has 36 heavy (non-hydrogen) atoms. The normalized spacial score (nSPS) is 26.3. The molecule has 0 radical (unpaired) electrons. The second kappa shape index (κ2) is 11.3. The molecular formula is C21H28BClN3O9P. The van der Waals surface area contributed by atoms with E-state index < -0.39 is 66.9 Å². The second-order valence-corrected chi connectivity index (χ2v) is 11.2. The number of aliphatic hydroxyl groups is 1. The highest BCUT2D eigenvalue weighted by molar-refractivity contribution is 7.52. The van der Waals surface area contributed by atoms with Crippen molar-refractivity contribution in [3.63, 3.8) is 0 Å². The third kappa shape index (κ3) is 6.67. The number of H-pyrrole nitrogens is 1. The number of aromatic amines is 1. The molecule has 0 amide bonds. The lowest BCUT2D eigenvalue weighted by Gasteiger charge is -2.26. The van der Waals surface area contributed by atoms with E-state index in [0.717, 1.165) is 10.6 Å². The summed E-state index contributed by atoms with van der Waals surface area (Å²) in [6.07, 6.45) is -2.92. The molecule has 0 bridgehead atoms. The van der Waals surface area contributed by atoms with E-state index in [0.29, 0.717) is 0 Å². The number of hydrogen-bond acceptors (Lipinski definition) is 9. The van der Waals surface area contributed by atoms with Crippen molar-refractivity contribution < 1.29 is 33.0 Å². The summed E-state index contributed by atoms with van der Waals surface area (Å²) >= 11 is 6.52. The molecular weight excluding hydrogens is 515 g/mol. The molecule has 15 heteroatoms. The molecule has 0 spiro atoms. The number of alkyl halides is 1. The molecule has 12 nitrogen and oxygen atoms in total. The molecule has 0 saturated carbocycles. The Labute approximate surface area is 212 Å². The van der Waals surface area contributed by atoms with Gasteiger partial charge >= 0.3 is 19.4 Å². The summed E-state index contributed by atoms with van der Waals surface area (Å²) in [6.45, 7) is 4.30. The predicted octanol–water partition coefficient (Wildman–Crippen LogP) is 0.496. The van der Waals surface area contributed by atoms with Crippen molar-refractivity contribution in [3.8, 4) is 5.75 Å². The molecule has 6 atom stereocenters. The van der Waals surface area contributed by atoms with Gasteiger partial charge in [0, 0.05) is 12.3 Å². The van der Waals surface area contributed by atoms with Gasteiger partial charge in [-0.05, 0) is 32.9 Å². The quantitative estimate of drug-likeness (QED) is 0.167. The number of benzene rings is 1. The van der Waals surface area contributed by atoms with Crippen LogP contribution >= 0.6 is 19.3 Å². The maximum atomic E-state index is 13.6. The first-order valence-corrected chi connectivity index (χ1v) is 13.1. The van der Waals surface area contributed by atoms with E-state index in [-0.39, 0.29) is 5.75 Å². The highest BCUT2D eigenvalue weighted by Gasteiger charge is 2.53. The number of aliphatic hydroxyl groups excluding tert-OH is 1. The smallest absolute Gasteiger partial charge is 0.459 e. The van der Waals surface area contributed by atoms with E-state index in [9.17, 15) is 24.1 Å². The number of ether oxygens (including phenoxy) is 2. The van der Waals surface area contributed by atoms with Gasteiger partial charge in [-0.3, -0.25) is 23.7 Å². The van der Waals surface area contributed by atoms with Gasteiger partial charge in [-0.2, -0.15) is 5.09 Å². The van der Waals surface area contributed by atoms with Crippen molar-refractivity contribution >= 4 is 33.2 Å². The molecule has 1 aliphatic heterocycles. The average molecular weight is 544 g/mol. The highest BCUT2D eigenvalue weighted by Crippen LogP contribution is 2.47. The van der Waals surface area contributed by atoms with E-state index in [1.54, 1.807) is 44.2 Å². The Morgan fingerprint density at radius 1 is 1.31 bits per heavy atom. The maximum absolute atomic E-state index is 13.6. The van der Waals surface area contributed by atoms with Gasteiger partial charge in [-0.1, -0.05) is 18.2 Å². The Bertz CT molecular complexity index is 1220. The largest absolute Gasteiger partial charge is 0.462 e. The number of carbonyl (C=O) groups is 1. The zero-order valence-electron chi connectivity index (χ0n) is 20.1. The topological polar surface area (TPSA) is 158 Å². The van der Waals surface area contributed by atoms with Gasteiger partial charge in [0.1, 0.15) is 25.7 Å². The van der Waals surface area contributed by atoms with Gasteiger partial charge in [-0.15, -0.1) is 11.6 Å². The van der Waals surface area contributed by atoms with Crippen LogP contribution in [0.25, 0.3) is 0 Å². The number of nitrogens with zero attached hydrogens (tertiary/aromatic N) is 1. The van der Waals surface area contributed by atoms with Gasteiger partial charge in [0.25, 0.3) is 5.56 Å². The molecule has 0 unspecified atom stereocenters. The third-order valence-electron chi connectivity index (χ3n) is 5.26. The van der Waals surface area contributed by atoms with E-state index >= 15 is 0 Å². The summed E-state index contributed by atoms with van der Waals surface area (Å²) in [5.74, 6) is -0.473. The highest BCUT2D eigenvalue weighted by atomic mass is 35.5. The Kier molecular flexibility index (Phi) is 8.86. The van der Waals surface area contributed by atoms with Crippen LogP contribution in [0.15, 0.2) is 52.2 Å². The standard InChI is InChI=1S/C21H28BClN3O9P/c1-12(2)33-18(29)13(3)25-36(31,35-14-7-5-4-6-8-14)32-11-15-17(28)21(22,23)19(34-15)26-10-9-16(27)24-20(26)30/h4-10,12-13,15,17,19,28H,11,22H2,1-3H3,(H,25,31)(H,24,27,30)/t13-,15+,17+,19+,21-,36+/m0/s1. The Morgan fingerprint density at radius 3 is 2.58 bits per heavy atom. The summed E-state index contributed by atoms with van der Waals surface area (Å²) in [5.41, 5.74) is -1.40. The number of aromatic nitrogens is 2. The first kappa shape index (κ1) is 28.2. The van der Waals surface area contributed by atoms with E-state index in [2.05, 4.69) is 10.1 Å². The van der Waals surface area contributed by atoms with Gasteiger partial charge in [0.2, 0.25) is 0 Å². The Balaban J connectivity index is 1.80. The minimum Gasteiger partial charge on any atom is -0.462 e. The molecule has 2 heterocycles. The van der Waals surface area contributed by atoms with Crippen LogP contribution in [0.4, 0.5) is 0 Å². The van der Waals surface area contributed by atoms with Crippen LogP contribution in [-0.4, -0.2) is 64.2 Å². The molecule has 1 aliphatic rings. The summed E-state index contributed by atoms with van der Waals surface area (Å²) in [6, 6.07) is 8.18. The molecule has 1 fully saturated rings. The fourth-order valence-electron chi connectivity index (χ4n) is 3.47. The van der Waals surface area contributed by atoms with Crippen LogP contribution < -0.4 is 20.9 Å². The van der Waals surface area contributed by atoms with Gasteiger partial charge < -0.3 is 19.1 Å². The monoisotopic (exact) mass is 543 g/mol. The van der Waals surface area contributed by atoms with E-state index in [1.807, 2.05) is 0 Å². The average Bonchev–Trinajstić information content (AvgIpc) is 3.01.